The van der Waals surface area contributed by atoms with Gasteiger partial charge in [-0.2, -0.15) is 5.26 Å². The van der Waals surface area contributed by atoms with Gasteiger partial charge < -0.3 is 16.2 Å². The molecule has 7 nitrogen and oxygen atoms in total. The highest BCUT2D eigenvalue weighted by atomic mass is 32.1. The maximum atomic E-state index is 11.8. The Morgan fingerprint density at radius 1 is 1.25 bits per heavy atom. The lowest BCUT2D eigenvalue weighted by Crippen LogP contribution is -2.14. The Hall–Kier alpha value is -3.28. The summed E-state index contributed by atoms with van der Waals surface area (Å²) in [7, 11) is 0. The number of carbonyl (C=O) groups is 1. The van der Waals surface area contributed by atoms with Crippen molar-refractivity contribution in [2.24, 2.45) is 5.73 Å². The van der Waals surface area contributed by atoms with Crippen molar-refractivity contribution in [3.05, 3.63) is 59.4 Å². The molecule has 8 heteroatoms. The molecule has 3 rings (SSSR count). The molecule has 2 heterocycles. The van der Waals surface area contributed by atoms with Crippen LogP contribution in [-0.4, -0.2) is 21.0 Å². The molecule has 0 spiro atoms. The first-order valence-electron chi connectivity index (χ1n) is 8.52. The second kappa shape index (κ2) is 7.76. The van der Waals surface area contributed by atoms with E-state index in [1.165, 1.54) is 11.3 Å². The van der Waals surface area contributed by atoms with Crippen LogP contribution in [0, 0.1) is 11.3 Å². The van der Waals surface area contributed by atoms with E-state index < -0.39 is 11.5 Å². The number of rotatable bonds is 6. The van der Waals surface area contributed by atoms with E-state index in [0.717, 1.165) is 11.1 Å². The van der Waals surface area contributed by atoms with Gasteiger partial charge in [-0.25, -0.2) is 9.97 Å². The predicted octanol–water partition coefficient (Wildman–Crippen LogP) is 3.34. The predicted molar refractivity (Wildman–Crippen MR) is 108 cm³/mol. The Bertz CT molecular complexity index is 1050. The van der Waals surface area contributed by atoms with Gasteiger partial charge in [0.25, 0.3) is 5.91 Å². The molecule has 0 fully saturated rings. The number of thiazole rings is 1. The minimum absolute atomic E-state index is 0.124. The molecule has 0 saturated heterocycles. The van der Waals surface area contributed by atoms with E-state index in [1.54, 1.807) is 32.0 Å². The van der Waals surface area contributed by atoms with Crippen molar-refractivity contribution in [2.45, 2.75) is 25.9 Å². The topological polar surface area (TPSA) is 125 Å². The number of aliphatic hydroxyl groups is 1. The standard InChI is InChI=1S/C20H19N5O2S/c1-20(2,27)13-8-6-12(7-9-13)18-25-16(17(22)26)19(28-18)24-15-5-3-4-14(23-15)10-11-21/h3-9,27H,10H2,1-2H3,(H2,22,26)(H,23,24). The number of nitriles is 1. The number of nitrogens with two attached hydrogens (primary N) is 1. The number of carbonyl (C=O) groups excluding carboxylic acids is 1. The zero-order valence-electron chi connectivity index (χ0n) is 15.4. The van der Waals surface area contributed by atoms with E-state index in [0.29, 0.717) is 21.5 Å². The van der Waals surface area contributed by atoms with Gasteiger partial charge >= 0.3 is 0 Å². The van der Waals surface area contributed by atoms with Crippen LogP contribution >= 0.6 is 11.3 Å². The first-order valence-corrected chi connectivity index (χ1v) is 9.33. The highest BCUT2D eigenvalue weighted by Gasteiger charge is 2.19. The molecule has 0 aliphatic heterocycles. The van der Waals surface area contributed by atoms with Crippen LogP contribution in [0.25, 0.3) is 10.6 Å². The third-order valence-electron chi connectivity index (χ3n) is 4.01. The molecular weight excluding hydrogens is 374 g/mol. The van der Waals surface area contributed by atoms with Crippen LogP contribution in [0.4, 0.5) is 10.8 Å². The van der Waals surface area contributed by atoms with Gasteiger partial charge in [0.2, 0.25) is 0 Å². The van der Waals surface area contributed by atoms with Crippen LogP contribution < -0.4 is 11.1 Å². The molecule has 28 heavy (non-hydrogen) atoms. The van der Waals surface area contributed by atoms with Crippen LogP contribution in [0.3, 0.4) is 0 Å². The van der Waals surface area contributed by atoms with Gasteiger partial charge in [-0.1, -0.05) is 41.7 Å². The summed E-state index contributed by atoms with van der Waals surface area (Å²) in [4.78, 5) is 20.6. The van der Waals surface area contributed by atoms with Crippen LogP contribution in [0.1, 0.15) is 35.6 Å². The average molecular weight is 393 g/mol. The molecule has 0 aliphatic rings. The summed E-state index contributed by atoms with van der Waals surface area (Å²) in [5, 5.41) is 23.1. The van der Waals surface area contributed by atoms with Crippen molar-refractivity contribution in [1.82, 2.24) is 9.97 Å². The summed E-state index contributed by atoms with van der Waals surface area (Å²) in [6, 6.07) is 14.6. The van der Waals surface area contributed by atoms with Gasteiger partial charge in [0.1, 0.15) is 15.8 Å². The maximum absolute atomic E-state index is 11.8. The van der Waals surface area contributed by atoms with Crippen molar-refractivity contribution in [3.8, 4) is 16.6 Å². The number of pyridine rings is 1. The van der Waals surface area contributed by atoms with Crippen LogP contribution in [0.2, 0.25) is 0 Å². The van der Waals surface area contributed by atoms with Crippen molar-refractivity contribution in [1.29, 1.82) is 5.26 Å². The Kier molecular flexibility index (Phi) is 5.40. The van der Waals surface area contributed by atoms with Crippen molar-refractivity contribution >= 4 is 28.1 Å². The Balaban J connectivity index is 1.93. The van der Waals surface area contributed by atoms with Gasteiger partial charge in [-0.05, 0) is 31.5 Å². The van der Waals surface area contributed by atoms with E-state index in [1.807, 2.05) is 24.3 Å². The molecular formula is C20H19N5O2S. The quantitative estimate of drug-likeness (QED) is 0.590. The lowest BCUT2D eigenvalue weighted by Gasteiger charge is -2.17. The highest BCUT2D eigenvalue weighted by Crippen LogP contribution is 2.34. The second-order valence-corrected chi connectivity index (χ2v) is 7.67. The number of amides is 1. The van der Waals surface area contributed by atoms with Crippen molar-refractivity contribution in [3.63, 3.8) is 0 Å². The van der Waals surface area contributed by atoms with Gasteiger partial charge in [-0.15, -0.1) is 0 Å². The summed E-state index contributed by atoms with van der Waals surface area (Å²) in [5.74, 6) is -0.144. The molecule has 142 valence electrons. The third-order valence-corrected chi connectivity index (χ3v) is 5.03. The zero-order chi connectivity index (χ0) is 20.3. The molecule has 0 bridgehead atoms. The Morgan fingerprint density at radius 2 is 1.96 bits per heavy atom. The number of aromatic nitrogens is 2. The number of nitrogens with zero attached hydrogens (tertiary/aromatic N) is 3. The molecule has 0 unspecified atom stereocenters. The SMILES string of the molecule is CC(C)(O)c1ccc(-c2nc(C(N)=O)c(Nc3cccc(CC#N)n3)s2)cc1. The maximum Gasteiger partial charge on any atom is 0.270 e. The number of hydrogen-bond acceptors (Lipinski definition) is 7. The molecule has 2 aromatic heterocycles. The highest BCUT2D eigenvalue weighted by molar-refractivity contribution is 7.19. The van der Waals surface area contributed by atoms with E-state index in [-0.39, 0.29) is 12.1 Å². The molecule has 1 aromatic carbocycles. The smallest absolute Gasteiger partial charge is 0.270 e. The summed E-state index contributed by atoms with van der Waals surface area (Å²) < 4.78 is 0. The lowest BCUT2D eigenvalue weighted by molar-refractivity contribution is 0.0786. The summed E-state index contributed by atoms with van der Waals surface area (Å²) >= 11 is 1.28. The fourth-order valence-electron chi connectivity index (χ4n) is 2.56. The first-order chi connectivity index (χ1) is 13.3. The van der Waals surface area contributed by atoms with E-state index in [9.17, 15) is 9.90 Å². The van der Waals surface area contributed by atoms with Crippen LogP contribution in [0.5, 0.6) is 0 Å². The molecule has 3 aromatic rings. The lowest BCUT2D eigenvalue weighted by atomic mass is 9.97. The summed E-state index contributed by atoms with van der Waals surface area (Å²) in [6.07, 6.45) is 0.194. The third kappa shape index (κ3) is 4.34. The molecule has 1 amide bonds. The molecule has 4 N–H and O–H groups in total. The van der Waals surface area contributed by atoms with Crippen LogP contribution in [0.15, 0.2) is 42.5 Å². The molecule has 0 atom stereocenters. The van der Waals surface area contributed by atoms with Gasteiger partial charge in [0.05, 0.1) is 23.8 Å². The Morgan fingerprint density at radius 3 is 2.57 bits per heavy atom. The van der Waals surface area contributed by atoms with Gasteiger partial charge in [-0.3, -0.25) is 4.79 Å². The van der Waals surface area contributed by atoms with E-state index in [4.69, 9.17) is 11.0 Å². The van der Waals surface area contributed by atoms with Gasteiger partial charge in [0.15, 0.2) is 5.69 Å². The first kappa shape index (κ1) is 19.5. The monoisotopic (exact) mass is 393 g/mol. The summed E-state index contributed by atoms with van der Waals surface area (Å²) in [5.41, 5.74) is 6.88. The molecule has 0 saturated carbocycles. The second-order valence-electron chi connectivity index (χ2n) is 6.67. The van der Waals surface area contributed by atoms with E-state index in [2.05, 4.69) is 21.4 Å². The zero-order valence-corrected chi connectivity index (χ0v) is 16.2. The Labute approximate surface area is 166 Å². The normalized spacial score (nSPS) is 11.1. The number of nitrogens with one attached hydrogen (secondary N) is 1. The molecule has 0 radical (unpaired) electrons. The fourth-order valence-corrected chi connectivity index (χ4v) is 3.54. The van der Waals surface area contributed by atoms with Crippen molar-refractivity contribution in [2.75, 3.05) is 5.32 Å². The largest absolute Gasteiger partial charge is 0.386 e. The number of benzene rings is 1. The number of primary amides is 1. The van der Waals surface area contributed by atoms with Gasteiger partial charge in [0, 0.05) is 5.56 Å². The van der Waals surface area contributed by atoms with E-state index >= 15 is 0 Å². The summed E-state index contributed by atoms with van der Waals surface area (Å²) in [6.45, 7) is 3.43. The number of hydrogen-bond donors (Lipinski definition) is 3. The number of anilines is 2. The molecule has 0 aliphatic carbocycles. The fraction of sp³-hybridized carbons (Fsp3) is 0.200. The van der Waals surface area contributed by atoms with Crippen LogP contribution in [-0.2, 0) is 12.0 Å². The minimum Gasteiger partial charge on any atom is -0.386 e. The minimum atomic E-state index is -0.938. The average Bonchev–Trinajstić information content (AvgIpc) is 3.06. The van der Waals surface area contributed by atoms with Crippen molar-refractivity contribution < 1.29 is 9.90 Å².